The average Bonchev–Trinajstić information content (AvgIpc) is 2.50. The van der Waals surface area contributed by atoms with Crippen LogP contribution in [-0.2, 0) is 19.3 Å². The predicted octanol–water partition coefficient (Wildman–Crippen LogP) is 4.42. The van der Waals surface area contributed by atoms with E-state index in [-0.39, 0.29) is 0 Å². The SMILES string of the molecule is N#CCc1ccccc1Oc1cccc2c1CCCC2. The van der Waals surface area contributed by atoms with Crippen molar-refractivity contribution in [3.63, 3.8) is 0 Å². The molecule has 0 spiro atoms. The van der Waals surface area contributed by atoms with Crippen LogP contribution in [0.4, 0.5) is 0 Å². The van der Waals surface area contributed by atoms with E-state index in [1.165, 1.54) is 24.0 Å². The third kappa shape index (κ3) is 2.53. The molecule has 0 amide bonds. The molecule has 0 bridgehead atoms. The van der Waals surface area contributed by atoms with E-state index in [9.17, 15) is 0 Å². The van der Waals surface area contributed by atoms with Gasteiger partial charge in [0.15, 0.2) is 0 Å². The van der Waals surface area contributed by atoms with Crippen LogP contribution in [0.1, 0.15) is 29.5 Å². The van der Waals surface area contributed by atoms with Gasteiger partial charge in [-0.25, -0.2) is 0 Å². The van der Waals surface area contributed by atoms with Gasteiger partial charge >= 0.3 is 0 Å². The summed E-state index contributed by atoms with van der Waals surface area (Å²) in [4.78, 5) is 0. The molecule has 0 unspecified atom stereocenters. The molecule has 3 rings (SSSR count). The number of nitrogens with zero attached hydrogens (tertiary/aromatic N) is 1. The maximum atomic E-state index is 8.90. The number of ether oxygens (including phenoxy) is 1. The molecule has 1 aliphatic carbocycles. The molecule has 2 heteroatoms. The van der Waals surface area contributed by atoms with Crippen LogP contribution in [0.2, 0.25) is 0 Å². The summed E-state index contributed by atoms with van der Waals surface area (Å²) < 4.78 is 6.11. The van der Waals surface area contributed by atoms with Crippen molar-refractivity contribution in [2.24, 2.45) is 0 Å². The molecular formula is C18H17NO. The summed E-state index contributed by atoms with van der Waals surface area (Å²) in [6.07, 6.45) is 5.11. The van der Waals surface area contributed by atoms with E-state index in [1.54, 1.807) is 0 Å². The molecule has 1 aliphatic rings. The van der Waals surface area contributed by atoms with Crippen molar-refractivity contribution in [2.45, 2.75) is 32.1 Å². The third-order valence-electron chi connectivity index (χ3n) is 3.81. The Balaban J connectivity index is 1.94. The predicted molar refractivity (Wildman–Crippen MR) is 78.9 cm³/mol. The van der Waals surface area contributed by atoms with Crippen molar-refractivity contribution in [2.75, 3.05) is 0 Å². The van der Waals surface area contributed by atoms with Gasteiger partial charge in [-0.3, -0.25) is 0 Å². The summed E-state index contributed by atoms with van der Waals surface area (Å²) in [6.45, 7) is 0. The van der Waals surface area contributed by atoms with Crippen molar-refractivity contribution in [3.8, 4) is 17.6 Å². The average molecular weight is 263 g/mol. The Morgan fingerprint density at radius 3 is 2.65 bits per heavy atom. The minimum atomic E-state index is 0.380. The van der Waals surface area contributed by atoms with Crippen LogP contribution in [0.15, 0.2) is 42.5 Å². The Kier molecular flexibility index (Phi) is 3.69. The molecule has 0 atom stereocenters. The first-order valence-electron chi connectivity index (χ1n) is 7.12. The van der Waals surface area contributed by atoms with Gasteiger partial charge < -0.3 is 4.74 Å². The minimum absolute atomic E-state index is 0.380. The molecule has 0 radical (unpaired) electrons. The standard InChI is InChI=1S/C18H17NO/c19-13-12-15-7-2-4-10-17(15)20-18-11-5-8-14-6-1-3-9-16(14)18/h2,4-5,7-8,10-11H,1,3,6,9,12H2. The molecule has 0 saturated heterocycles. The van der Waals surface area contributed by atoms with E-state index < -0.39 is 0 Å². The van der Waals surface area contributed by atoms with Gasteiger partial charge in [-0.1, -0.05) is 30.3 Å². The monoisotopic (exact) mass is 263 g/mol. The summed E-state index contributed by atoms with van der Waals surface area (Å²) in [5.41, 5.74) is 3.69. The lowest BCUT2D eigenvalue weighted by atomic mass is 9.91. The summed E-state index contributed by atoms with van der Waals surface area (Å²) in [7, 11) is 0. The van der Waals surface area contributed by atoms with E-state index in [0.717, 1.165) is 29.9 Å². The highest BCUT2D eigenvalue weighted by Crippen LogP contribution is 2.33. The number of hydrogen-bond donors (Lipinski definition) is 0. The molecule has 2 aromatic rings. The molecular weight excluding hydrogens is 246 g/mol. The fraction of sp³-hybridized carbons (Fsp3) is 0.278. The Morgan fingerprint density at radius 1 is 0.950 bits per heavy atom. The van der Waals surface area contributed by atoms with Crippen LogP contribution in [0.3, 0.4) is 0 Å². The topological polar surface area (TPSA) is 33.0 Å². The Morgan fingerprint density at radius 2 is 1.75 bits per heavy atom. The number of nitriles is 1. The molecule has 0 N–H and O–H groups in total. The van der Waals surface area contributed by atoms with Crippen molar-refractivity contribution in [3.05, 3.63) is 59.2 Å². The van der Waals surface area contributed by atoms with Gasteiger partial charge in [0.05, 0.1) is 12.5 Å². The zero-order chi connectivity index (χ0) is 13.8. The largest absolute Gasteiger partial charge is 0.457 e. The van der Waals surface area contributed by atoms with Gasteiger partial charge in [-0.2, -0.15) is 5.26 Å². The second-order valence-electron chi connectivity index (χ2n) is 5.15. The van der Waals surface area contributed by atoms with Gasteiger partial charge in [-0.15, -0.1) is 0 Å². The van der Waals surface area contributed by atoms with Crippen molar-refractivity contribution in [1.29, 1.82) is 5.26 Å². The van der Waals surface area contributed by atoms with Crippen LogP contribution in [-0.4, -0.2) is 0 Å². The fourth-order valence-corrected chi connectivity index (χ4v) is 2.79. The Hall–Kier alpha value is -2.27. The van der Waals surface area contributed by atoms with Gasteiger partial charge in [0.1, 0.15) is 11.5 Å². The quantitative estimate of drug-likeness (QED) is 0.821. The number of fused-ring (bicyclic) bond motifs is 1. The van der Waals surface area contributed by atoms with Crippen LogP contribution >= 0.6 is 0 Å². The maximum absolute atomic E-state index is 8.90. The highest BCUT2D eigenvalue weighted by molar-refractivity contribution is 5.46. The highest BCUT2D eigenvalue weighted by Gasteiger charge is 2.15. The lowest BCUT2D eigenvalue weighted by Gasteiger charge is -2.20. The number of rotatable bonds is 3. The summed E-state index contributed by atoms with van der Waals surface area (Å²) >= 11 is 0. The smallest absolute Gasteiger partial charge is 0.131 e. The molecule has 0 aliphatic heterocycles. The van der Waals surface area contributed by atoms with E-state index in [2.05, 4.69) is 18.2 Å². The minimum Gasteiger partial charge on any atom is -0.457 e. The van der Waals surface area contributed by atoms with Crippen LogP contribution in [0, 0.1) is 11.3 Å². The van der Waals surface area contributed by atoms with Gasteiger partial charge in [-0.05, 0) is 48.9 Å². The van der Waals surface area contributed by atoms with Crippen LogP contribution in [0.5, 0.6) is 11.5 Å². The third-order valence-corrected chi connectivity index (χ3v) is 3.81. The van der Waals surface area contributed by atoms with E-state index in [0.29, 0.717) is 6.42 Å². The first-order chi connectivity index (χ1) is 9.88. The van der Waals surface area contributed by atoms with Crippen molar-refractivity contribution >= 4 is 0 Å². The number of aryl methyl sites for hydroxylation is 1. The Labute approximate surface area is 119 Å². The van der Waals surface area contributed by atoms with E-state index in [1.807, 2.05) is 30.3 Å². The molecule has 0 heterocycles. The van der Waals surface area contributed by atoms with E-state index in [4.69, 9.17) is 10.00 Å². The maximum Gasteiger partial charge on any atom is 0.131 e. The fourth-order valence-electron chi connectivity index (χ4n) is 2.79. The summed E-state index contributed by atoms with van der Waals surface area (Å²) in [5, 5.41) is 8.90. The first-order valence-corrected chi connectivity index (χ1v) is 7.12. The molecule has 2 nitrogen and oxygen atoms in total. The van der Waals surface area contributed by atoms with Gasteiger partial charge in [0.2, 0.25) is 0 Å². The van der Waals surface area contributed by atoms with Crippen LogP contribution in [0.25, 0.3) is 0 Å². The number of benzene rings is 2. The van der Waals surface area contributed by atoms with Crippen molar-refractivity contribution in [1.82, 2.24) is 0 Å². The zero-order valence-corrected chi connectivity index (χ0v) is 11.4. The molecule has 0 aromatic heterocycles. The molecule has 100 valence electrons. The highest BCUT2D eigenvalue weighted by atomic mass is 16.5. The molecule has 2 aromatic carbocycles. The Bertz CT molecular complexity index is 655. The summed E-state index contributed by atoms with van der Waals surface area (Å²) in [6, 6.07) is 16.3. The van der Waals surface area contributed by atoms with Crippen LogP contribution < -0.4 is 4.74 Å². The van der Waals surface area contributed by atoms with Gasteiger partial charge in [0.25, 0.3) is 0 Å². The number of para-hydroxylation sites is 1. The second kappa shape index (κ2) is 5.79. The lowest BCUT2D eigenvalue weighted by molar-refractivity contribution is 0.466. The normalized spacial score (nSPS) is 13.3. The lowest BCUT2D eigenvalue weighted by Crippen LogP contribution is -2.04. The second-order valence-corrected chi connectivity index (χ2v) is 5.15. The molecule has 0 fully saturated rings. The van der Waals surface area contributed by atoms with Gasteiger partial charge in [0, 0.05) is 5.56 Å². The summed E-state index contributed by atoms with van der Waals surface area (Å²) in [5.74, 6) is 1.75. The molecule has 0 saturated carbocycles. The zero-order valence-electron chi connectivity index (χ0n) is 11.4. The first kappa shape index (κ1) is 12.7. The van der Waals surface area contributed by atoms with Crippen molar-refractivity contribution < 1.29 is 4.74 Å². The van der Waals surface area contributed by atoms with E-state index >= 15 is 0 Å². The molecule has 20 heavy (non-hydrogen) atoms. The number of hydrogen-bond acceptors (Lipinski definition) is 2.